The molecule has 2 rings (SSSR count). The van der Waals surface area contributed by atoms with Gasteiger partial charge in [-0.3, -0.25) is 0 Å². The topological polar surface area (TPSA) is 89.9 Å². The normalized spacial score (nSPS) is 20.6. The van der Waals surface area contributed by atoms with E-state index in [1.54, 1.807) is 33.8 Å². The summed E-state index contributed by atoms with van der Waals surface area (Å²) in [7, 11) is 0. The highest BCUT2D eigenvalue weighted by Crippen LogP contribution is 2.34. The first kappa shape index (κ1) is 20.3. The monoisotopic (exact) mass is 374 g/mol. The molecule has 1 aromatic rings. The fraction of sp³-hybridized carbons (Fsp3) is 0.647. The summed E-state index contributed by atoms with van der Waals surface area (Å²) in [5.74, 6) is -0.203. The number of fused-ring (bicyclic) bond motifs is 1. The van der Waals surface area contributed by atoms with Crippen molar-refractivity contribution in [3.8, 4) is 5.88 Å². The van der Waals surface area contributed by atoms with Crippen LogP contribution in [-0.4, -0.2) is 47.2 Å². The Labute approximate surface area is 150 Å². The van der Waals surface area contributed by atoms with Crippen LogP contribution < -0.4 is 10.1 Å². The maximum Gasteiger partial charge on any atom is 0.408 e. The van der Waals surface area contributed by atoms with E-state index < -0.39 is 36.6 Å². The summed E-state index contributed by atoms with van der Waals surface area (Å²) in [5.41, 5.74) is 0.446. The maximum absolute atomic E-state index is 12.4. The van der Waals surface area contributed by atoms with E-state index in [-0.39, 0.29) is 18.9 Å². The third-order valence-electron chi connectivity index (χ3n) is 3.52. The van der Waals surface area contributed by atoms with Gasteiger partial charge in [0.05, 0.1) is 30.6 Å². The number of hydrogen-bond donors (Lipinski definition) is 2. The van der Waals surface area contributed by atoms with Crippen LogP contribution in [-0.2, 0) is 15.9 Å². The highest BCUT2D eigenvalue weighted by molar-refractivity contribution is 5.69. The Morgan fingerprint density at radius 1 is 1.42 bits per heavy atom. The van der Waals surface area contributed by atoms with Crippen LogP contribution in [0.5, 0.6) is 5.88 Å². The number of amides is 1. The number of nitrogens with one attached hydrogen (secondary N) is 1. The molecular formula is C17H24F2N2O5. The number of rotatable bonds is 6. The molecule has 0 spiro atoms. The fourth-order valence-corrected chi connectivity index (χ4v) is 2.63. The van der Waals surface area contributed by atoms with Crippen molar-refractivity contribution in [2.24, 2.45) is 0 Å². The molecule has 0 bridgehead atoms. The van der Waals surface area contributed by atoms with E-state index in [1.807, 2.05) is 0 Å². The first-order valence-corrected chi connectivity index (χ1v) is 8.29. The zero-order valence-electron chi connectivity index (χ0n) is 15.2. The molecular weight excluding hydrogens is 350 g/mol. The lowest BCUT2D eigenvalue weighted by Gasteiger charge is -2.25. The van der Waals surface area contributed by atoms with Gasteiger partial charge in [-0.25, -0.2) is 9.78 Å². The number of carbonyl (C=O) groups excluding carboxylic acids is 1. The van der Waals surface area contributed by atoms with Crippen molar-refractivity contribution in [3.05, 3.63) is 23.4 Å². The molecule has 26 heavy (non-hydrogen) atoms. The molecule has 1 aromatic heterocycles. The smallest absolute Gasteiger partial charge is 0.408 e. The van der Waals surface area contributed by atoms with Crippen molar-refractivity contribution in [2.75, 3.05) is 6.61 Å². The van der Waals surface area contributed by atoms with Gasteiger partial charge in [0.1, 0.15) is 5.60 Å². The molecule has 146 valence electrons. The third kappa shape index (κ3) is 5.77. The number of hydrogen-bond acceptors (Lipinski definition) is 6. The Hall–Kier alpha value is -2.00. The minimum atomic E-state index is -2.97. The van der Waals surface area contributed by atoms with Gasteiger partial charge in [-0.15, -0.1) is 0 Å². The average Bonchev–Trinajstić information content (AvgIpc) is 2.79. The van der Waals surface area contributed by atoms with Gasteiger partial charge >= 0.3 is 12.7 Å². The summed E-state index contributed by atoms with van der Waals surface area (Å²) >= 11 is 0. The van der Waals surface area contributed by atoms with Crippen LogP contribution in [0, 0.1) is 0 Å². The second-order valence-corrected chi connectivity index (χ2v) is 7.11. The molecule has 0 radical (unpaired) electrons. The molecule has 1 heterocycles. The molecule has 0 aliphatic heterocycles. The summed E-state index contributed by atoms with van der Waals surface area (Å²) in [5, 5.41) is 12.2. The zero-order chi connectivity index (χ0) is 19.5. The van der Waals surface area contributed by atoms with E-state index in [9.17, 15) is 18.7 Å². The van der Waals surface area contributed by atoms with E-state index in [2.05, 4.69) is 15.0 Å². The van der Waals surface area contributed by atoms with Crippen LogP contribution >= 0.6 is 0 Å². The molecule has 0 fully saturated rings. The van der Waals surface area contributed by atoms with Gasteiger partial charge in [0.15, 0.2) is 0 Å². The minimum Gasteiger partial charge on any atom is -0.444 e. The fourth-order valence-electron chi connectivity index (χ4n) is 2.63. The Morgan fingerprint density at radius 3 is 2.69 bits per heavy atom. The SMILES string of the molecule is C[C@H](O)CO[C@H]1Cc2nc(OC(F)F)ccc2[C@H]1NC(=O)OC(C)(C)C. The molecule has 7 nitrogen and oxygen atoms in total. The molecule has 0 saturated carbocycles. The quantitative estimate of drug-likeness (QED) is 0.795. The largest absolute Gasteiger partial charge is 0.444 e. The Morgan fingerprint density at radius 2 is 2.12 bits per heavy atom. The number of ether oxygens (including phenoxy) is 3. The zero-order valence-corrected chi connectivity index (χ0v) is 15.2. The van der Waals surface area contributed by atoms with Crippen molar-refractivity contribution in [1.29, 1.82) is 0 Å². The highest BCUT2D eigenvalue weighted by Gasteiger charge is 2.37. The summed E-state index contributed by atoms with van der Waals surface area (Å²) in [6.45, 7) is 3.89. The summed E-state index contributed by atoms with van der Waals surface area (Å²) in [6.07, 6.45) is -1.55. The number of alkyl halides is 2. The van der Waals surface area contributed by atoms with Crippen LogP contribution in [0.1, 0.15) is 45.0 Å². The lowest BCUT2D eigenvalue weighted by molar-refractivity contribution is -0.0530. The molecule has 1 aliphatic carbocycles. The van der Waals surface area contributed by atoms with Gasteiger partial charge in [-0.1, -0.05) is 0 Å². The molecule has 1 aliphatic rings. The van der Waals surface area contributed by atoms with Gasteiger partial charge in [0.2, 0.25) is 5.88 Å². The first-order valence-electron chi connectivity index (χ1n) is 8.29. The van der Waals surface area contributed by atoms with Gasteiger partial charge in [0, 0.05) is 12.5 Å². The van der Waals surface area contributed by atoms with Gasteiger partial charge in [-0.2, -0.15) is 8.78 Å². The van der Waals surface area contributed by atoms with Crippen molar-refractivity contribution >= 4 is 6.09 Å². The van der Waals surface area contributed by atoms with E-state index in [0.29, 0.717) is 11.3 Å². The first-order chi connectivity index (χ1) is 12.0. The number of halogens is 2. The second kappa shape index (κ2) is 8.13. The molecule has 0 saturated heterocycles. The summed E-state index contributed by atoms with van der Waals surface area (Å²) < 4.78 is 40.0. The number of alkyl carbamates (subject to hydrolysis) is 1. The second-order valence-electron chi connectivity index (χ2n) is 7.11. The predicted octanol–water partition coefficient (Wildman–Crippen LogP) is 2.57. The third-order valence-corrected chi connectivity index (χ3v) is 3.52. The number of aliphatic hydroxyl groups excluding tert-OH is 1. The molecule has 9 heteroatoms. The number of carbonyl (C=O) groups is 1. The van der Waals surface area contributed by atoms with E-state index in [4.69, 9.17) is 9.47 Å². The molecule has 2 N–H and O–H groups in total. The van der Waals surface area contributed by atoms with Crippen LogP contribution in [0.25, 0.3) is 0 Å². The molecule has 0 aromatic carbocycles. The number of aromatic nitrogens is 1. The van der Waals surface area contributed by atoms with Crippen LogP contribution in [0.15, 0.2) is 12.1 Å². The molecule has 1 amide bonds. The number of pyridine rings is 1. The summed E-state index contributed by atoms with van der Waals surface area (Å²) in [6, 6.07) is 2.30. The van der Waals surface area contributed by atoms with E-state index in [0.717, 1.165) is 0 Å². The van der Waals surface area contributed by atoms with E-state index >= 15 is 0 Å². The van der Waals surface area contributed by atoms with Crippen LogP contribution in [0.3, 0.4) is 0 Å². The van der Waals surface area contributed by atoms with Gasteiger partial charge in [0.25, 0.3) is 0 Å². The Bertz CT molecular complexity index is 634. The van der Waals surface area contributed by atoms with Crippen LogP contribution in [0.4, 0.5) is 13.6 Å². The van der Waals surface area contributed by atoms with Crippen molar-refractivity contribution in [3.63, 3.8) is 0 Å². The number of aliphatic hydroxyl groups is 1. The molecule has 3 atom stereocenters. The van der Waals surface area contributed by atoms with Crippen LogP contribution in [0.2, 0.25) is 0 Å². The van der Waals surface area contributed by atoms with E-state index in [1.165, 1.54) is 6.07 Å². The number of nitrogens with zero attached hydrogens (tertiary/aromatic N) is 1. The van der Waals surface area contributed by atoms with Gasteiger partial charge < -0.3 is 24.6 Å². The summed E-state index contributed by atoms with van der Waals surface area (Å²) in [4.78, 5) is 16.2. The Kier molecular flexibility index (Phi) is 6.35. The molecule has 0 unspecified atom stereocenters. The maximum atomic E-state index is 12.4. The van der Waals surface area contributed by atoms with Crippen molar-refractivity contribution in [2.45, 2.75) is 64.6 Å². The standard InChI is InChI=1S/C17H24F2N2O5/c1-9(22)8-24-12-7-11-10(5-6-13(20-11)25-15(18)19)14(12)21-16(23)26-17(2,3)4/h5-6,9,12,14-15,22H,7-8H2,1-4H3,(H,21,23)/t9-,12-,14+/m0/s1. The minimum absolute atomic E-state index is 0.0611. The Balaban J connectivity index is 2.19. The lowest BCUT2D eigenvalue weighted by atomic mass is 10.1. The average molecular weight is 374 g/mol. The van der Waals surface area contributed by atoms with Gasteiger partial charge in [-0.05, 0) is 39.3 Å². The highest BCUT2D eigenvalue weighted by atomic mass is 19.3. The lowest BCUT2D eigenvalue weighted by Crippen LogP contribution is -2.39. The predicted molar refractivity (Wildman–Crippen MR) is 88.1 cm³/mol. The van der Waals surface area contributed by atoms with Crippen molar-refractivity contribution < 1.29 is 32.9 Å². The van der Waals surface area contributed by atoms with Crippen molar-refractivity contribution in [1.82, 2.24) is 10.3 Å².